The molecule has 0 aliphatic carbocycles. The Hall–Kier alpha value is -1.74. The van der Waals surface area contributed by atoms with Gasteiger partial charge < -0.3 is 24.1 Å². The van der Waals surface area contributed by atoms with E-state index >= 15 is 0 Å². The molecule has 166 valence electrons. The van der Waals surface area contributed by atoms with Gasteiger partial charge in [0.25, 0.3) is 0 Å². The number of hydrogen-bond acceptors (Lipinski definition) is 4. The second-order valence-electron chi connectivity index (χ2n) is 7.13. The van der Waals surface area contributed by atoms with Gasteiger partial charge in [-0.2, -0.15) is 0 Å². The molecule has 1 fully saturated rings. The Kier molecular flexibility index (Phi) is 11.7. The average Bonchev–Trinajstić information content (AvgIpc) is 3.27. The first-order valence-corrected chi connectivity index (χ1v) is 10.7. The zero-order valence-corrected chi connectivity index (χ0v) is 20.1. The fourth-order valence-electron chi connectivity index (χ4n) is 3.39. The Bertz CT molecular complexity index is 702. The molecule has 0 atom stereocenters. The molecule has 2 heterocycles. The molecule has 0 radical (unpaired) electrons. The number of nitrogens with one attached hydrogen (secondary N) is 1. The smallest absolute Gasteiger partial charge is 0.193 e. The van der Waals surface area contributed by atoms with Gasteiger partial charge in [-0.25, -0.2) is 0 Å². The molecule has 1 aromatic heterocycles. The number of halogens is 1. The van der Waals surface area contributed by atoms with Gasteiger partial charge in [-0.15, -0.1) is 24.0 Å². The predicted molar refractivity (Wildman–Crippen MR) is 131 cm³/mol. The summed E-state index contributed by atoms with van der Waals surface area (Å²) in [7, 11) is 0. The normalized spacial score (nSPS) is 15.0. The maximum Gasteiger partial charge on any atom is 0.193 e. The molecule has 0 bridgehead atoms. The Morgan fingerprint density at radius 2 is 1.97 bits per heavy atom. The first kappa shape index (κ1) is 24.5. The van der Waals surface area contributed by atoms with Gasteiger partial charge in [0, 0.05) is 58.7 Å². The van der Waals surface area contributed by atoms with Crippen LogP contribution in [0.1, 0.15) is 31.9 Å². The maximum absolute atomic E-state index is 6.12. The predicted octanol–water partition coefficient (Wildman–Crippen LogP) is 4.36. The number of aliphatic imine (C=N–C) groups is 1. The number of likely N-dealkylation sites (tertiary alicyclic amines) is 1. The van der Waals surface area contributed by atoms with Gasteiger partial charge >= 0.3 is 0 Å². The molecule has 0 spiro atoms. The molecule has 6 nitrogen and oxygen atoms in total. The number of guanidine groups is 1. The van der Waals surface area contributed by atoms with Gasteiger partial charge in [0.05, 0.1) is 6.26 Å². The van der Waals surface area contributed by atoms with Crippen molar-refractivity contribution >= 4 is 29.9 Å². The summed E-state index contributed by atoms with van der Waals surface area (Å²) in [5, 5.41) is 3.52. The van der Waals surface area contributed by atoms with E-state index in [1.165, 1.54) is 0 Å². The number of hydrogen-bond donors (Lipinski definition) is 1. The van der Waals surface area contributed by atoms with Crippen molar-refractivity contribution in [2.24, 2.45) is 4.99 Å². The zero-order chi connectivity index (χ0) is 20.2. The summed E-state index contributed by atoms with van der Waals surface area (Å²) in [5.74, 6) is 2.92. The summed E-state index contributed by atoms with van der Waals surface area (Å²) in [6.07, 6.45) is 5.74. The summed E-state index contributed by atoms with van der Waals surface area (Å²) in [6, 6.07) is 14.0. The zero-order valence-electron chi connectivity index (χ0n) is 17.8. The van der Waals surface area contributed by atoms with Crippen LogP contribution in [-0.4, -0.2) is 56.4 Å². The van der Waals surface area contributed by atoms with Crippen LogP contribution in [0.5, 0.6) is 5.75 Å². The standard InChI is InChI=1S/C23H33N3O3.HI/c1-2-27-18-7-14-24-23(25-15-11-20-10-6-19-28-20)26-16-12-22(13-17-26)29-21-8-4-3-5-9-21;/h3-6,8-10,19,22H,2,7,11-18H2,1H3,(H,24,25);1H. The lowest BCUT2D eigenvalue weighted by Gasteiger charge is -2.34. The van der Waals surface area contributed by atoms with Crippen molar-refractivity contribution < 1.29 is 13.9 Å². The van der Waals surface area contributed by atoms with E-state index in [1.807, 2.05) is 49.4 Å². The number of ether oxygens (including phenoxy) is 2. The fourth-order valence-corrected chi connectivity index (χ4v) is 3.39. The molecule has 1 aliphatic rings. The van der Waals surface area contributed by atoms with E-state index in [-0.39, 0.29) is 30.1 Å². The first-order valence-electron chi connectivity index (χ1n) is 10.7. The number of piperidine rings is 1. The Morgan fingerprint density at radius 3 is 2.67 bits per heavy atom. The highest BCUT2D eigenvalue weighted by atomic mass is 127. The van der Waals surface area contributed by atoms with Crippen LogP contribution in [0.4, 0.5) is 0 Å². The topological polar surface area (TPSA) is 59.2 Å². The maximum atomic E-state index is 6.12. The SMILES string of the molecule is CCOCCCN=C(NCCc1ccco1)N1CCC(Oc2ccccc2)CC1.I. The molecule has 1 N–H and O–H groups in total. The van der Waals surface area contributed by atoms with Gasteiger partial charge in [0.1, 0.15) is 17.6 Å². The minimum Gasteiger partial charge on any atom is -0.490 e. The van der Waals surface area contributed by atoms with Crippen molar-refractivity contribution in [2.75, 3.05) is 39.4 Å². The van der Waals surface area contributed by atoms with Crippen molar-refractivity contribution in [3.63, 3.8) is 0 Å². The first-order chi connectivity index (χ1) is 14.3. The van der Waals surface area contributed by atoms with E-state index in [0.29, 0.717) is 0 Å². The van der Waals surface area contributed by atoms with Crippen LogP contribution in [0.25, 0.3) is 0 Å². The molecule has 7 heteroatoms. The molecular formula is C23H34IN3O3. The van der Waals surface area contributed by atoms with E-state index < -0.39 is 0 Å². The summed E-state index contributed by atoms with van der Waals surface area (Å²) < 4.78 is 17.0. The van der Waals surface area contributed by atoms with E-state index in [4.69, 9.17) is 18.9 Å². The Labute approximate surface area is 197 Å². The monoisotopic (exact) mass is 527 g/mol. The van der Waals surface area contributed by atoms with Gasteiger partial charge in [0.2, 0.25) is 0 Å². The molecule has 0 unspecified atom stereocenters. The van der Waals surface area contributed by atoms with E-state index in [2.05, 4.69) is 10.2 Å². The van der Waals surface area contributed by atoms with Crippen molar-refractivity contribution in [3.05, 3.63) is 54.5 Å². The third-order valence-corrected chi connectivity index (χ3v) is 4.93. The highest BCUT2D eigenvalue weighted by molar-refractivity contribution is 14.0. The van der Waals surface area contributed by atoms with Gasteiger partial charge in [-0.3, -0.25) is 4.99 Å². The number of rotatable bonds is 10. The molecule has 2 aromatic rings. The van der Waals surface area contributed by atoms with Gasteiger partial charge in [-0.05, 0) is 37.6 Å². The van der Waals surface area contributed by atoms with E-state index in [0.717, 1.165) is 82.5 Å². The van der Waals surface area contributed by atoms with Crippen LogP contribution < -0.4 is 10.1 Å². The third-order valence-electron chi connectivity index (χ3n) is 4.93. The molecular weight excluding hydrogens is 493 g/mol. The van der Waals surface area contributed by atoms with E-state index in [9.17, 15) is 0 Å². The van der Waals surface area contributed by atoms with Crippen molar-refractivity contribution in [1.82, 2.24) is 10.2 Å². The largest absolute Gasteiger partial charge is 0.490 e. The molecule has 30 heavy (non-hydrogen) atoms. The van der Waals surface area contributed by atoms with Crippen LogP contribution in [0, 0.1) is 0 Å². The second-order valence-corrected chi connectivity index (χ2v) is 7.13. The van der Waals surface area contributed by atoms with Crippen LogP contribution in [-0.2, 0) is 11.2 Å². The molecule has 1 saturated heterocycles. The number of para-hydroxylation sites is 1. The quantitative estimate of drug-likeness (QED) is 0.216. The summed E-state index contributed by atoms with van der Waals surface area (Å²) in [5.41, 5.74) is 0. The Morgan fingerprint density at radius 1 is 1.17 bits per heavy atom. The lowest BCUT2D eigenvalue weighted by atomic mass is 10.1. The van der Waals surface area contributed by atoms with Crippen molar-refractivity contribution in [3.8, 4) is 5.75 Å². The van der Waals surface area contributed by atoms with Crippen LogP contribution in [0.3, 0.4) is 0 Å². The molecule has 0 amide bonds. The lowest BCUT2D eigenvalue weighted by molar-refractivity contribution is 0.129. The van der Waals surface area contributed by atoms with Crippen molar-refractivity contribution in [1.29, 1.82) is 0 Å². The summed E-state index contributed by atoms with van der Waals surface area (Å²) in [4.78, 5) is 7.17. The van der Waals surface area contributed by atoms with Crippen LogP contribution in [0.2, 0.25) is 0 Å². The summed E-state index contributed by atoms with van der Waals surface area (Å²) >= 11 is 0. The van der Waals surface area contributed by atoms with Crippen LogP contribution in [0.15, 0.2) is 58.1 Å². The van der Waals surface area contributed by atoms with Crippen molar-refractivity contribution in [2.45, 2.75) is 38.7 Å². The second kappa shape index (κ2) is 14.3. The number of furan rings is 1. The number of benzene rings is 1. The number of nitrogens with zero attached hydrogens (tertiary/aromatic N) is 2. The molecule has 1 aliphatic heterocycles. The van der Waals surface area contributed by atoms with E-state index in [1.54, 1.807) is 6.26 Å². The lowest BCUT2D eigenvalue weighted by Crippen LogP contribution is -2.48. The van der Waals surface area contributed by atoms with Crippen LogP contribution >= 0.6 is 24.0 Å². The minimum absolute atomic E-state index is 0. The summed E-state index contributed by atoms with van der Waals surface area (Å²) in [6.45, 7) is 6.99. The molecule has 0 saturated carbocycles. The molecule has 1 aromatic carbocycles. The highest BCUT2D eigenvalue weighted by Gasteiger charge is 2.22. The van der Waals surface area contributed by atoms with Gasteiger partial charge in [-0.1, -0.05) is 18.2 Å². The van der Waals surface area contributed by atoms with Gasteiger partial charge in [0.15, 0.2) is 5.96 Å². The average molecular weight is 527 g/mol. The Balaban J connectivity index is 0.00000320. The third kappa shape index (κ3) is 8.55. The minimum atomic E-state index is 0. The fraction of sp³-hybridized carbons (Fsp3) is 0.522. The highest BCUT2D eigenvalue weighted by Crippen LogP contribution is 2.18. The molecule has 3 rings (SSSR count).